The van der Waals surface area contributed by atoms with Crippen LogP contribution in [0.3, 0.4) is 0 Å². The minimum Gasteiger partial charge on any atom is -0.338 e. The molecule has 5 heteroatoms. The van der Waals surface area contributed by atoms with Crippen LogP contribution in [0.15, 0.2) is 10.6 Å². The number of aromatic nitrogens is 1. The molecule has 4 nitrogen and oxygen atoms in total. The van der Waals surface area contributed by atoms with Gasteiger partial charge in [0.05, 0.1) is 5.69 Å². The summed E-state index contributed by atoms with van der Waals surface area (Å²) in [5, 5.41) is 4.03. The fourth-order valence-electron chi connectivity index (χ4n) is 1.58. The van der Waals surface area contributed by atoms with Crippen LogP contribution in [0.1, 0.15) is 31.9 Å². The van der Waals surface area contributed by atoms with Crippen LogP contribution >= 0.6 is 12.6 Å². The van der Waals surface area contributed by atoms with Gasteiger partial charge in [0.2, 0.25) is 11.8 Å². The third-order valence-corrected chi connectivity index (χ3v) is 2.82. The molecule has 0 N–H and O–H groups in total. The van der Waals surface area contributed by atoms with E-state index >= 15 is 0 Å². The minimum absolute atomic E-state index is 0.0569. The summed E-state index contributed by atoms with van der Waals surface area (Å²) in [5.41, 5.74) is 0.875. The predicted octanol–water partition coefficient (Wildman–Crippen LogP) is 1.83. The van der Waals surface area contributed by atoms with E-state index in [0.717, 1.165) is 5.69 Å². The summed E-state index contributed by atoms with van der Waals surface area (Å²) >= 11 is 4.28. The second-order valence-corrected chi connectivity index (χ2v) is 4.84. The summed E-state index contributed by atoms with van der Waals surface area (Å²) in [4.78, 5) is 13.2. The van der Waals surface area contributed by atoms with Crippen LogP contribution in [-0.4, -0.2) is 22.9 Å². The zero-order valence-corrected chi connectivity index (χ0v) is 9.70. The smallest absolute Gasteiger partial charge is 0.234 e. The first kappa shape index (κ1) is 10.5. The summed E-state index contributed by atoms with van der Waals surface area (Å²) in [7, 11) is 0. The van der Waals surface area contributed by atoms with Crippen molar-refractivity contribution < 1.29 is 9.32 Å². The Kier molecular flexibility index (Phi) is 2.73. The highest BCUT2D eigenvalue weighted by Gasteiger charge is 2.30. The van der Waals surface area contributed by atoms with Gasteiger partial charge < -0.3 is 4.52 Å². The van der Waals surface area contributed by atoms with Crippen LogP contribution < -0.4 is 4.90 Å². The predicted molar refractivity (Wildman–Crippen MR) is 60.3 cm³/mol. The van der Waals surface area contributed by atoms with Gasteiger partial charge in [0.1, 0.15) is 0 Å². The molecule has 82 valence electrons. The summed E-state index contributed by atoms with van der Waals surface area (Å²) in [6.07, 6.45) is 0.473. The van der Waals surface area contributed by atoms with Gasteiger partial charge in [-0.1, -0.05) is 19.0 Å². The normalized spacial score (nSPS) is 21.7. The zero-order valence-electron chi connectivity index (χ0n) is 8.80. The summed E-state index contributed by atoms with van der Waals surface area (Å²) < 4.78 is 5.15. The first-order valence-corrected chi connectivity index (χ1v) is 5.54. The van der Waals surface area contributed by atoms with Crippen LogP contribution in [0, 0.1) is 0 Å². The van der Waals surface area contributed by atoms with E-state index in [0.29, 0.717) is 24.8 Å². The number of rotatable bonds is 2. The molecule has 2 rings (SSSR count). The minimum atomic E-state index is 0.0569. The van der Waals surface area contributed by atoms with Gasteiger partial charge in [0.25, 0.3) is 0 Å². The van der Waals surface area contributed by atoms with Crippen molar-refractivity contribution in [2.75, 3.05) is 11.4 Å². The van der Waals surface area contributed by atoms with Crippen molar-refractivity contribution in [1.82, 2.24) is 5.16 Å². The fourth-order valence-corrected chi connectivity index (χ4v) is 1.90. The van der Waals surface area contributed by atoms with E-state index in [1.54, 1.807) is 4.90 Å². The molecule has 1 atom stereocenters. The lowest BCUT2D eigenvalue weighted by Gasteiger charge is -2.09. The average molecular weight is 226 g/mol. The second-order valence-electron chi connectivity index (χ2n) is 4.11. The fraction of sp³-hybridized carbons (Fsp3) is 0.600. The highest BCUT2D eigenvalue weighted by molar-refractivity contribution is 7.81. The monoisotopic (exact) mass is 226 g/mol. The SMILES string of the molecule is CC(C)c1cc(N2CC(S)CC2=O)on1. The summed E-state index contributed by atoms with van der Waals surface area (Å²) in [6.45, 7) is 4.68. The third-order valence-electron chi connectivity index (χ3n) is 2.48. The maximum absolute atomic E-state index is 11.6. The van der Waals surface area contributed by atoms with E-state index < -0.39 is 0 Å². The van der Waals surface area contributed by atoms with E-state index in [9.17, 15) is 4.79 Å². The molecule has 15 heavy (non-hydrogen) atoms. The Morgan fingerprint density at radius 1 is 1.67 bits per heavy atom. The van der Waals surface area contributed by atoms with E-state index in [1.807, 2.05) is 19.9 Å². The van der Waals surface area contributed by atoms with E-state index in [1.165, 1.54) is 0 Å². The number of nitrogens with zero attached hydrogens (tertiary/aromatic N) is 2. The Labute approximate surface area is 94.0 Å². The Bertz CT molecular complexity index is 375. The molecule has 1 unspecified atom stereocenters. The maximum Gasteiger partial charge on any atom is 0.234 e. The van der Waals surface area contributed by atoms with Gasteiger partial charge in [-0.3, -0.25) is 9.69 Å². The largest absolute Gasteiger partial charge is 0.338 e. The standard InChI is InChI=1S/C10H14N2O2S/c1-6(2)8-4-10(14-11-8)12-5-7(15)3-9(12)13/h4,6-7,15H,3,5H2,1-2H3. The topological polar surface area (TPSA) is 46.3 Å². The number of thiol groups is 1. The van der Waals surface area contributed by atoms with E-state index in [2.05, 4.69) is 17.8 Å². The van der Waals surface area contributed by atoms with Crippen LogP contribution in [0.5, 0.6) is 0 Å². The van der Waals surface area contributed by atoms with Gasteiger partial charge in [-0.05, 0) is 5.92 Å². The number of anilines is 1. The zero-order chi connectivity index (χ0) is 11.0. The molecule has 2 heterocycles. The quantitative estimate of drug-likeness (QED) is 0.783. The Morgan fingerprint density at radius 2 is 2.40 bits per heavy atom. The van der Waals surface area contributed by atoms with Gasteiger partial charge in [-0.15, -0.1) is 0 Å². The molecular weight excluding hydrogens is 212 g/mol. The Morgan fingerprint density at radius 3 is 2.87 bits per heavy atom. The number of carbonyl (C=O) groups excluding carboxylic acids is 1. The number of carbonyl (C=O) groups is 1. The molecular formula is C10H14N2O2S. The van der Waals surface area contributed by atoms with Gasteiger partial charge in [0.15, 0.2) is 0 Å². The molecule has 0 radical (unpaired) electrons. The van der Waals surface area contributed by atoms with E-state index in [4.69, 9.17) is 4.52 Å². The van der Waals surface area contributed by atoms with Crippen molar-refractivity contribution in [2.24, 2.45) is 0 Å². The highest BCUT2D eigenvalue weighted by Crippen LogP contribution is 2.26. The molecule has 1 aliphatic rings. The molecule has 0 bridgehead atoms. The lowest BCUT2D eigenvalue weighted by atomic mass is 10.1. The molecule has 1 amide bonds. The van der Waals surface area contributed by atoms with Crippen molar-refractivity contribution in [2.45, 2.75) is 31.4 Å². The molecule has 1 saturated heterocycles. The molecule has 0 aromatic carbocycles. The first-order valence-electron chi connectivity index (χ1n) is 5.03. The number of amides is 1. The summed E-state index contributed by atoms with van der Waals surface area (Å²) in [5.74, 6) is 0.911. The van der Waals surface area contributed by atoms with Gasteiger partial charge in [-0.25, -0.2) is 0 Å². The third kappa shape index (κ3) is 2.02. The average Bonchev–Trinajstić information content (AvgIpc) is 2.71. The van der Waals surface area contributed by atoms with E-state index in [-0.39, 0.29) is 11.2 Å². The lowest BCUT2D eigenvalue weighted by molar-refractivity contribution is -0.117. The van der Waals surface area contributed by atoms with Crippen LogP contribution in [0.4, 0.5) is 5.88 Å². The molecule has 0 aliphatic carbocycles. The van der Waals surface area contributed by atoms with Gasteiger partial charge >= 0.3 is 0 Å². The molecule has 1 aromatic rings. The molecule has 1 fully saturated rings. The molecule has 1 aromatic heterocycles. The second kappa shape index (κ2) is 3.89. The number of hydrogen-bond acceptors (Lipinski definition) is 4. The molecule has 1 aliphatic heterocycles. The van der Waals surface area contributed by atoms with Crippen molar-refractivity contribution in [3.63, 3.8) is 0 Å². The van der Waals surface area contributed by atoms with Gasteiger partial charge in [-0.2, -0.15) is 12.6 Å². The molecule has 0 spiro atoms. The van der Waals surface area contributed by atoms with Crippen molar-refractivity contribution in [3.8, 4) is 0 Å². The summed E-state index contributed by atoms with van der Waals surface area (Å²) in [6, 6.07) is 1.83. The highest BCUT2D eigenvalue weighted by atomic mass is 32.1. The van der Waals surface area contributed by atoms with Crippen molar-refractivity contribution >= 4 is 24.4 Å². The van der Waals surface area contributed by atoms with Crippen LogP contribution in [-0.2, 0) is 4.79 Å². The van der Waals surface area contributed by atoms with Crippen molar-refractivity contribution in [3.05, 3.63) is 11.8 Å². The van der Waals surface area contributed by atoms with Crippen molar-refractivity contribution in [1.29, 1.82) is 0 Å². The lowest BCUT2D eigenvalue weighted by Crippen LogP contribution is -2.23. The van der Waals surface area contributed by atoms with Crippen LogP contribution in [0.25, 0.3) is 0 Å². The Hall–Kier alpha value is -0.970. The number of hydrogen-bond donors (Lipinski definition) is 1. The Balaban J connectivity index is 2.19. The van der Waals surface area contributed by atoms with Crippen LogP contribution in [0.2, 0.25) is 0 Å². The maximum atomic E-state index is 11.6. The first-order chi connectivity index (χ1) is 7.08. The molecule has 0 saturated carbocycles. The van der Waals surface area contributed by atoms with Gasteiger partial charge in [0, 0.05) is 24.3 Å².